The van der Waals surface area contributed by atoms with Gasteiger partial charge in [-0.3, -0.25) is 0 Å². The molecule has 3 rings (SSSR count). The number of fused-ring (bicyclic) bond motifs is 4. The summed E-state index contributed by atoms with van der Waals surface area (Å²) in [4.78, 5) is 11.9. The second kappa shape index (κ2) is 5.29. The predicted octanol–water partition coefficient (Wildman–Crippen LogP) is 0.484. The van der Waals surface area contributed by atoms with Crippen molar-refractivity contribution in [3.8, 4) is 0 Å². The first kappa shape index (κ1) is 16.9. The second-order valence-corrected chi connectivity index (χ2v) is 7.82. The zero-order valence-electron chi connectivity index (χ0n) is 14.3. The first-order chi connectivity index (χ1) is 10.5. The standard InChI is InChI=1S/C15H26N2O6/c1-13(2,3)23-12(18)17-6-15-7-19-11(22-15)8(16)9-10(15)21-14(4,5)20-9/h8-11H,6-7,16H2,1-5H3,(H,17,18)/t8-,9-,10-,11?,15+/m1/s1. The summed E-state index contributed by atoms with van der Waals surface area (Å²) in [5.41, 5.74) is 4.76. The molecule has 0 aliphatic carbocycles. The SMILES string of the molecule is CC(C)(C)OC(=O)NC[C@@]12COC(O1)[C@H](N)[C@H]1OC(C)(C)O[C@H]12. The molecule has 3 aliphatic rings. The lowest BCUT2D eigenvalue weighted by Gasteiger charge is -2.41. The lowest BCUT2D eigenvalue weighted by Crippen LogP contribution is -2.65. The summed E-state index contributed by atoms with van der Waals surface area (Å²) < 4.78 is 28.8. The average molecular weight is 330 g/mol. The molecule has 3 heterocycles. The van der Waals surface area contributed by atoms with Gasteiger partial charge in [-0.25, -0.2) is 4.79 Å². The van der Waals surface area contributed by atoms with Crippen molar-refractivity contribution in [3.05, 3.63) is 0 Å². The molecule has 8 heteroatoms. The Labute approximate surface area is 135 Å². The minimum Gasteiger partial charge on any atom is -0.444 e. The van der Waals surface area contributed by atoms with Crippen LogP contribution in [0.5, 0.6) is 0 Å². The van der Waals surface area contributed by atoms with E-state index in [-0.39, 0.29) is 19.3 Å². The Morgan fingerprint density at radius 1 is 1.30 bits per heavy atom. The van der Waals surface area contributed by atoms with Gasteiger partial charge in [-0.05, 0) is 34.6 Å². The van der Waals surface area contributed by atoms with E-state index in [1.165, 1.54) is 0 Å². The molecule has 3 saturated heterocycles. The molecule has 3 N–H and O–H groups in total. The molecule has 0 aromatic rings. The summed E-state index contributed by atoms with van der Waals surface area (Å²) in [7, 11) is 0. The van der Waals surface area contributed by atoms with E-state index in [0.29, 0.717) is 0 Å². The zero-order valence-corrected chi connectivity index (χ0v) is 14.3. The number of alkyl carbamates (subject to hydrolysis) is 1. The van der Waals surface area contributed by atoms with E-state index in [0.717, 1.165) is 0 Å². The van der Waals surface area contributed by atoms with Gasteiger partial charge in [-0.1, -0.05) is 0 Å². The van der Waals surface area contributed by atoms with Crippen LogP contribution < -0.4 is 11.1 Å². The molecule has 0 radical (unpaired) electrons. The Balaban J connectivity index is 1.71. The van der Waals surface area contributed by atoms with Crippen molar-refractivity contribution in [1.29, 1.82) is 0 Å². The lowest BCUT2D eigenvalue weighted by atomic mass is 9.88. The number of ether oxygens (including phenoxy) is 5. The second-order valence-electron chi connectivity index (χ2n) is 7.82. The van der Waals surface area contributed by atoms with Gasteiger partial charge >= 0.3 is 6.09 Å². The third kappa shape index (κ3) is 3.18. The smallest absolute Gasteiger partial charge is 0.407 e. The third-order valence-corrected chi connectivity index (χ3v) is 4.11. The topological polar surface area (TPSA) is 101 Å². The van der Waals surface area contributed by atoms with Crippen LogP contribution >= 0.6 is 0 Å². The van der Waals surface area contributed by atoms with Crippen LogP contribution in [-0.4, -0.2) is 60.8 Å². The van der Waals surface area contributed by atoms with Gasteiger partial charge in [0.15, 0.2) is 12.1 Å². The number of hydrogen-bond donors (Lipinski definition) is 2. The molecule has 8 nitrogen and oxygen atoms in total. The van der Waals surface area contributed by atoms with Gasteiger partial charge in [0.2, 0.25) is 0 Å². The number of nitrogens with one attached hydrogen (secondary N) is 1. The van der Waals surface area contributed by atoms with E-state index in [4.69, 9.17) is 29.4 Å². The van der Waals surface area contributed by atoms with Crippen LogP contribution in [0, 0.1) is 0 Å². The number of nitrogens with two attached hydrogens (primary N) is 1. The molecule has 1 unspecified atom stereocenters. The van der Waals surface area contributed by atoms with Gasteiger partial charge < -0.3 is 34.7 Å². The molecule has 1 amide bonds. The van der Waals surface area contributed by atoms with Gasteiger partial charge in [0.25, 0.3) is 0 Å². The predicted molar refractivity (Wildman–Crippen MR) is 79.6 cm³/mol. The van der Waals surface area contributed by atoms with Crippen molar-refractivity contribution < 1.29 is 28.5 Å². The molecule has 0 spiro atoms. The van der Waals surface area contributed by atoms with Crippen molar-refractivity contribution in [2.24, 2.45) is 5.73 Å². The Hall–Kier alpha value is -0.930. The molecule has 0 aromatic heterocycles. The summed E-state index contributed by atoms with van der Waals surface area (Å²) >= 11 is 0. The molecule has 0 saturated carbocycles. The van der Waals surface area contributed by atoms with E-state index >= 15 is 0 Å². The van der Waals surface area contributed by atoms with Gasteiger partial charge in [-0.2, -0.15) is 0 Å². The monoisotopic (exact) mass is 330 g/mol. The maximum atomic E-state index is 11.9. The molecule has 0 aromatic carbocycles. The van der Waals surface area contributed by atoms with Crippen LogP contribution in [0.2, 0.25) is 0 Å². The molecule has 3 aliphatic heterocycles. The number of amides is 1. The summed E-state index contributed by atoms with van der Waals surface area (Å²) in [5.74, 6) is -0.750. The Morgan fingerprint density at radius 3 is 2.65 bits per heavy atom. The molecule has 2 bridgehead atoms. The zero-order chi connectivity index (χ0) is 17.0. The molecule has 5 atom stereocenters. The summed E-state index contributed by atoms with van der Waals surface area (Å²) in [6.45, 7) is 9.57. The van der Waals surface area contributed by atoms with Crippen molar-refractivity contribution in [3.63, 3.8) is 0 Å². The van der Waals surface area contributed by atoms with Crippen LogP contribution in [0.25, 0.3) is 0 Å². The van der Waals surface area contributed by atoms with Gasteiger partial charge in [0.1, 0.15) is 23.4 Å². The average Bonchev–Trinajstić information content (AvgIpc) is 2.93. The lowest BCUT2D eigenvalue weighted by molar-refractivity contribution is -0.190. The minimum atomic E-state index is -0.824. The van der Waals surface area contributed by atoms with Gasteiger partial charge in [0, 0.05) is 0 Å². The number of carbonyl (C=O) groups is 1. The number of hydrogen-bond acceptors (Lipinski definition) is 7. The van der Waals surface area contributed by atoms with Crippen molar-refractivity contribution in [1.82, 2.24) is 5.32 Å². The van der Waals surface area contributed by atoms with E-state index in [1.807, 2.05) is 34.6 Å². The third-order valence-electron chi connectivity index (χ3n) is 4.11. The normalized spacial score (nSPS) is 41.5. The number of rotatable bonds is 2. The first-order valence-corrected chi connectivity index (χ1v) is 7.89. The summed E-state index contributed by atoms with van der Waals surface area (Å²) in [6, 6.07) is -0.432. The maximum Gasteiger partial charge on any atom is 0.407 e. The highest BCUT2D eigenvalue weighted by atomic mass is 16.8. The number of carbonyl (C=O) groups excluding carboxylic acids is 1. The Bertz CT molecular complexity index is 491. The first-order valence-electron chi connectivity index (χ1n) is 7.89. The van der Waals surface area contributed by atoms with Gasteiger partial charge in [0.05, 0.1) is 19.2 Å². The summed E-state index contributed by atoms with van der Waals surface area (Å²) in [6.07, 6.45) is -1.83. The van der Waals surface area contributed by atoms with Crippen molar-refractivity contribution in [2.45, 2.75) is 76.1 Å². The Morgan fingerprint density at radius 2 is 2.00 bits per heavy atom. The Kier molecular flexibility index (Phi) is 3.89. The minimum absolute atomic E-state index is 0.200. The van der Waals surface area contributed by atoms with Gasteiger partial charge in [-0.15, -0.1) is 0 Å². The highest BCUT2D eigenvalue weighted by Crippen LogP contribution is 2.45. The van der Waals surface area contributed by atoms with E-state index < -0.39 is 41.5 Å². The highest BCUT2D eigenvalue weighted by Gasteiger charge is 2.65. The molecular formula is C15H26N2O6. The highest BCUT2D eigenvalue weighted by molar-refractivity contribution is 5.67. The largest absolute Gasteiger partial charge is 0.444 e. The van der Waals surface area contributed by atoms with Crippen LogP contribution in [0.1, 0.15) is 34.6 Å². The van der Waals surface area contributed by atoms with E-state index in [2.05, 4.69) is 5.32 Å². The van der Waals surface area contributed by atoms with Crippen LogP contribution in [0.3, 0.4) is 0 Å². The fourth-order valence-corrected chi connectivity index (χ4v) is 3.22. The van der Waals surface area contributed by atoms with Crippen molar-refractivity contribution >= 4 is 6.09 Å². The fraction of sp³-hybridized carbons (Fsp3) is 0.933. The van der Waals surface area contributed by atoms with Crippen LogP contribution in [-0.2, 0) is 23.7 Å². The van der Waals surface area contributed by atoms with Crippen LogP contribution in [0.4, 0.5) is 4.79 Å². The fourth-order valence-electron chi connectivity index (χ4n) is 3.22. The van der Waals surface area contributed by atoms with E-state index in [1.54, 1.807) is 0 Å². The summed E-state index contributed by atoms with van der Waals surface area (Å²) in [5, 5.41) is 2.74. The van der Waals surface area contributed by atoms with Crippen LogP contribution in [0.15, 0.2) is 0 Å². The quantitative estimate of drug-likeness (QED) is 0.759. The van der Waals surface area contributed by atoms with Crippen molar-refractivity contribution in [2.75, 3.05) is 13.2 Å². The molecule has 3 fully saturated rings. The maximum absolute atomic E-state index is 11.9. The molecule has 23 heavy (non-hydrogen) atoms. The molecular weight excluding hydrogens is 304 g/mol. The molecule has 132 valence electrons. The van der Waals surface area contributed by atoms with E-state index in [9.17, 15) is 4.79 Å².